The minimum absolute atomic E-state index is 0.131. The molecule has 1 aliphatic heterocycles. The lowest BCUT2D eigenvalue weighted by Crippen LogP contribution is -2.43. The zero-order valence-electron chi connectivity index (χ0n) is 15.4. The Morgan fingerprint density at radius 2 is 2.00 bits per heavy atom. The van der Waals surface area contributed by atoms with Crippen LogP contribution in [0.1, 0.15) is 32.8 Å². The Hall–Kier alpha value is -2.31. The van der Waals surface area contributed by atoms with Crippen molar-refractivity contribution in [3.63, 3.8) is 0 Å². The predicted molar refractivity (Wildman–Crippen MR) is 91.3 cm³/mol. The molecular weight excluding hydrogens is 324 g/mol. The minimum atomic E-state index is -0.615. The van der Waals surface area contributed by atoms with Crippen molar-refractivity contribution in [2.75, 3.05) is 20.8 Å². The Kier molecular flexibility index (Phi) is 5.87. The molecule has 2 heterocycles. The van der Waals surface area contributed by atoms with Gasteiger partial charge in [0.2, 0.25) is 5.88 Å². The molecule has 7 heteroatoms. The third kappa shape index (κ3) is 5.08. The molecule has 138 valence electrons. The molecule has 1 fully saturated rings. The standard InChI is InChI=1S/C18H26N2O5/c1-18(2,3)25-17(22)20-11-13(9-14(20)16(21)24-5)8-12-6-7-15(23-4)19-10-12/h6-7,10,13-14H,8-9,11H2,1-5H3/t13-,14+/m1/s1. The molecule has 1 aliphatic rings. The maximum absolute atomic E-state index is 12.4. The summed E-state index contributed by atoms with van der Waals surface area (Å²) in [6, 6.07) is 3.12. The Morgan fingerprint density at radius 3 is 2.52 bits per heavy atom. The second-order valence-corrected chi connectivity index (χ2v) is 7.19. The van der Waals surface area contributed by atoms with Gasteiger partial charge in [0.1, 0.15) is 11.6 Å². The van der Waals surface area contributed by atoms with Crippen molar-refractivity contribution in [1.82, 2.24) is 9.88 Å². The van der Waals surface area contributed by atoms with Crippen LogP contribution in [-0.4, -0.2) is 54.4 Å². The highest BCUT2D eigenvalue weighted by molar-refractivity contribution is 5.82. The quantitative estimate of drug-likeness (QED) is 0.776. The molecular formula is C18H26N2O5. The first-order chi connectivity index (χ1) is 11.7. The Labute approximate surface area is 148 Å². The van der Waals surface area contributed by atoms with Crippen LogP contribution in [0, 0.1) is 5.92 Å². The van der Waals surface area contributed by atoms with Crippen molar-refractivity contribution in [2.24, 2.45) is 5.92 Å². The largest absolute Gasteiger partial charge is 0.481 e. The van der Waals surface area contributed by atoms with E-state index in [9.17, 15) is 9.59 Å². The van der Waals surface area contributed by atoms with Crippen LogP contribution < -0.4 is 4.74 Å². The molecule has 0 saturated carbocycles. The van der Waals surface area contributed by atoms with Gasteiger partial charge in [0, 0.05) is 18.8 Å². The topological polar surface area (TPSA) is 78.0 Å². The number of esters is 1. The smallest absolute Gasteiger partial charge is 0.411 e. The molecule has 0 bridgehead atoms. The number of hydrogen-bond donors (Lipinski definition) is 0. The molecule has 2 rings (SSSR count). The monoisotopic (exact) mass is 350 g/mol. The first-order valence-corrected chi connectivity index (χ1v) is 8.30. The van der Waals surface area contributed by atoms with E-state index < -0.39 is 23.7 Å². The molecule has 25 heavy (non-hydrogen) atoms. The summed E-state index contributed by atoms with van der Waals surface area (Å²) in [6.07, 6.45) is 2.52. The van der Waals surface area contributed by atoms with Gasteiger partial charge in [-0.2, -0.15) is 0 Å². The Morgan fingerprint density at radius 1 is 1.28 bits per heavy atom. The second kappa shape index (κ2) is 7.72. The van der Waals surface area contributed by atoms with E-state index in [1.54, 1.807) is 40.1 Å². The van der Waals surface area contributed by atoms with Crippen molar-refractivity contribution in [2.45, 2.75) is 45.3 Å². The molecule has 0 aliphatic carbocycles. The summed E-state index contributed by atoms with van der Waals surface area (Å²) < 4.78 is 15.3. The number of likely N-dealkylation sites (tertiary alicyclic amines) is 1. The summed E-state index contributed by atoms with van der Waals surface area (Å²) in [6.45, 7) is 5.85. The number of hydrogen-bond acceptors (Lipinski definition) is 6. The zero-order valence-corrected chi connectivity index (χ0v) is 15.4. The number of carbonyl (C=O) groups is 2. The highest BCUT2D eigenvalue weighted by Crippen LogP contribution is 2.29. The van der Waals surface area contributed by atoms with Crippen molar-refractivity contribution in [1.29, 1.82) is 0 Å². The van der Waals surface area contributed by atoms with Gasteiger partial charge in [0.05, 0.1) is 14.2 Å². The van der Waals surface area contributed by atoms with Gasteiger partial charge in [-0.05, 0) is 45.1 Å². The maximum Gasteiger partial charge on any atom is 0.411 e. The number of carbonyl (C=O) groups excluding carboxylic acids is 2. The minimum Gasteiger partial charge on any atom is -0.481 e. The Bertz CT molecular complexity index is 609. The average molecular weight is 350 g/mol. The molecule has 0 radical (unpaired) electrons. The van der Waals surface area contributed by atoms with Crippen LogP contribution in [0.25, 0.3) is 0 Å². The molecule has 1 aromatic heterocycles. The van der Waals surface area contributed by atoms with E-state index in [0.29, 0.717) is 25.3 Å². The molecule has 0 aromatic carbocycles. The first-order valence-electron chi connectivity index (χ1n) is 8.30. The third-order valence-electron chi connectivity index (χ3n) is 4.02. The van der Waals surface area contributed by atoms with Gasteiger partial charge in [0.15, 0.2) is 0 Å². The van der Waals surface area contributed by atoms with Crippen LogP contribution in [0.2, 0.25) is 0 Å². The second-order valence-electron chi connectivity index (χ2n) is 7.19. The Balaban J connectivity index is 2.08. The number of amides is 1. The van der Waals surface area contributed by atoms with Gasteiger partial charge in [-0.3, -0.25) is 4.90 Å². The number of rotatable bonds is 4. The van der Waals surface area contributed by atoms with E-state index in [4.69, 9.17) is 14.2 Å². The lowest BCUT2D eigenvalue weighted by atomic mass is 9.98. The molecule has 0 N–H and O–H groups in total. The summed E-state index contributed by atoms with van der Waals surface area (Å²) in [5, 5.41) is 0. The molecule has 1 aromatic rings. The summed E-state index contributed by atoms with van der Waals surface area (Å²) in [4.78, 5) is 30.2. The number of methoxy groups -OCH3 is 2. The van der Waals surface area contributed by atoms with Gasteiger partial charge in [0.25, 0.3) is 0 Å². The molecule has 0 spiro atoms. The lowest BCUT2D eigenvalue weighted by molar-refractivity contribution is -0.145. The van der Waals surface area contributed by atoms with E-state index >= 15 is 0 Å². The van der Waals surface area contributed by atoms with Crippen LogP contribution in [0.15, 0.2) is 18.3 Å². The summed E-state index contributed by atoms with van der Waals surface area (Å²) >= 11 is 0. The molecule has 1 saturated heterocycles. The highest BCUT2D eigenvalue weighted by Gasteiger charge is 2.42. The lowest BCUT2D eigenvalue weighted by Gasteiger charge is -2.27. The third-order valence-corrected chi connectivity index (χ3v) is 4.02. The van der Waals surface area contributed by atoms with Crippen molar-refractivity contribution in [3.05, 3.63) is 23.9 Å². The first kappa shape index (κ1) is 19.0. The highest BCUT2D eigenvalue weighted by atomic mass is 16.6. The summed E-state index contributed by atoms with van der Waals surface area (Å²) in [5.41, 5.74) is 0.413. The SMILES string of the molecule is COC(=O)[C@@H]1C[C@@H](Cc2ccc(OC)nc2)CN1C(=O)OC(C)(C)C. The van der Waals surface area contributed by atoms with Gasteiger partial charge >= 0.3 is 12.1 Å². The van der Waals surface area contributed by atoms with Gasteiger partial charge in [-0.1, -0.05) is 6.07 Å². The zero-order chi connectivity index (χ0) is 18.6. The fourth-order valence-electron chi connectivity index (χ4n) is 2.94. The number of pyridine rings is 1. The fourth-order valence-corrected chi connectivity index (χ4v) is 2.94. The summed E-state index contributed by atoms with van der Waals surface area (Å²) in [7, 11) is 2.90. The maximum atomic E-state index is 12.4. The van der Waals surface area contributed by atoms with E-state index in [2.05, 4.69) is 4.98 Å². The van der Waals surface area contributed by atoms with E-state index in [-0.39, 0.29) is 5.92 Å². The van der Waals surface area contributed by atoms with E-state index in [1.165, 1.54) is 12.0 Å². The van der Waals surface area contributed by atoms with Crippen LogP contribution in [0.3, 0.4) is 0 Å². The van der Waals surface area contributed by atoms with Gasteiger partial charge < -0.3 is 14.2 Å². The number of nitrogens with zero attached hydrogens (tertiary/aromatic N) is 2. The number of aromatic nitrogens is 1. The van der Waals surface area contributed by atoms with E-state index in [1.807, 2.05) is 6.07 Å². The predicted octanol–water partition coefficient (Wildman–Crippen LogP) is 2.43. The van der Waals surface area contributed by atoms with Crippen LogP contribution in [0.5, 0.6) is 5.88 Å². The van der Waals surface area contributed by atoms with Crippen molar-refractivity contribution < 1.29 is 23.8 Å². The van der Waals surface area contributed by atoms with Crippen LogP contribution in [-0.2, 0) is 20.7 Å². The van der Waals surface area contributed by atoms with Gasteiger partial charge in [-0.15, -0.1) is 0 Å². The molecule has 0 unspecified atom stereocenters. The van der Waals surface area contributed by atoms with Crippen LogP contribution in [0.4, 0.5) is 4.79 Å². The van der Waals surface area contributed by atoms with Crippen molar-refractivity contribution in [3.8, 4) is 5.88 Å². The normalized spacial score (nSPS) is 20.3. The fraction of sp³-hybridized carbons (Fsp3) is 0.611. The van der Waals surface area contributed by atoms with Crippen LogP contribution >= 0.6 is 0 Å². The average Bonchev–Trinajstić information content (AvgIpc) is 2.97. The van der Waals surface area contributed by atoms with Gasteiger partial charge in [-0.25, -0.2) is 14.6 Å². The molecule has 7 nitrogen and oxygen atoms in total. The molecule has 1 amide bonds. The number of ether oxygens (including phenoxy) is 3. The summed E-state index contributed by atoms with van der Waals surface area (Å²) in [5.74, 6) is 0.269. The van der Waals surface area contributed by atoms with E-state index in [0.717, 1.165) is 5.56 Å². The molecule has 2 atom stereocenters. The van der Waals surface area contributed by atoms with Crippen molar-refractivity contribution >= 4 is 12.1 Å².